The van der Waals surface area contributed by atoms with E-state index in [1.54, 1.807) is 6.33 Å². The van der Waals surface area contributed by atoms with E-state index in [-0.39, 0.29) is 0 Å². The van der Waals surface area contributed by atoms with Gasteiger partial charge in [-0.2, -0.15) is 0 Å². The van der Waals surface area contributed by atoms with E-state index in [4.69, 9.17) is 14.4 Å². The number of fused-ring (bicyclic) bond motifs is 6. The van der Waals surface area contributed by atoms with Crippen LogP contribution in [0.1, 0.15) is 0 Å². The van der Waals surface area contributed by atoms with Crippen molar-refractivity contribution in [2.24, 2.45) is 0 Å². The largest absolute Gasteiger partial charge is 0.451 e. The fraction of sp³-hybridized carbons (Fsp3) is 0. The fourth-order valence-corrected chi connectivity index (χ4v) is 8.24. The summed E-state index contributed by atoms with van der Waals surface area (Å²) in [6.07, 6.45) is 1.64. The summed E-state index contributed by atoms with van der Waals surface area (Å²) < 4.78 is 9.06. The standard InChI is InChI=1S/C52H33N3O/c1-4-13-34(14-5-1)39-25-27-47-45(31-39)46-32-40(35-15-6-2-7-16-35)26-28-48(46)55(47)42-22-11-20-38(30-42)37-19-10-21-41(29-37)49-52-50(54-33-53-49)44-24-12-23-43(51(44)56-52)36-17-8-3-9-18-36/h1-33H. The van der Waals surface area contributed by atoms with Crippen LogP contribution >= 0.6 is 0 Å². The SMILES string of the molecule is c1ccc(-c2ccc3c(c2)c2cc(-c4ccccc4)ccc2n3-c2cccc(-c3cccc(-c4ncnc5c4oc4c(-c6ccccc6)cccc45)c3)c2)cc1. The molecule has 0 saturated carbocycles. The van der Waals surface area contributed by atoms with Crippen molar-refractivity contribution in [3.63, 3.8) is 0 Å². The van der Waals surface area contributed by atoms with Crippen molar-refractivity contribution in [3.05, 3.63) is 200 Å². The Bertz CT molecular complexity index is 3140. The quantitative estimate of drug-likeness (QED) is 0.172. The summed E-state index contributed by atoms with van der Waals surface area (Å²) in [6.45, 7) is 0. The number of furan rings is 1. The van der Waals surface area contributed by atoms with Crippen molar-refractivity contribution in [3.8, 4) is 61.5 Å². The lowest BCUT2D eigenvalue weighted by Crippen LogP contribution is -1.94. The zero-order chi connectivity index (χ0) is 37.0. The van der Waals surface area contributed by atoms with Gasteiger partial charge in [0.2, 0.25) is 0 Å². The van der Waals surface area contributed by atoms with Crippen LogP contribution in [-0.4, -0.2) is 14.5 Å². The molecule has 0 aliphatic rings. The molecule has 0 bridgehead atoms. The minimum Gasteiger partial charge on any atom is -0.451 e. The maximum atomic E-state index is 6.66. The molecule has 3 aromatic heterocycles. The van der Waals surface area contributed by atoms with Gasteiger partial charge in [0.25, 0.3) is 0 Å². The number of aromatic nitrogens is 3. The summed E-state index contributed by atoms with van der Waals surface area (Å²) in [7, 11) is 0. The van der Waals surface area contributed by atoms with Crippen molar-refractivity contribution in [2.45, 2.75) is 0 Å². The van der Waals surface area contributed by atoms with Crippen LogP contribution in [0.25, 0.3) is 105 Å². The maximum absolute atomic E-state index is 6.66. The highest BCUT2D eigenvalue weighted by atomic mass is 16.3. The molecule has 0 saturated heterocycles. The molecule has 0 atom stereocenters. The van der Waals surface area contributed by atoms with Crippen molar-refractivity contribution in [2.75, 3.05) is 0 Å². The fourth-order valence-electron chi connectivity index (χ4n) is 8.24. The second-order valence-electron chi connectivity index (χ2n) is 14.2. The first-order valence-corrected chi connectivity index (χ1v) is 18.9. The van der Waals surface area contributed by atoms with Gasteiger partial charge in [0.15, 0.2) is 5.58 Å². The van der Waals surface area contributed by atoms with E-state index in [9.17, 15) is 0 Å². The molecule has 8 aromatic carbocycles. The van der Waals surface area contributed by atoms with Crippen molar-refractivity contribution < 1.29 is 4.42 Å². The molecule has 11 aromatic rings. The third kappa shape index (κ3) is 5.31. The van der Waals surface area contributed by atoms with E-state index in [1.165, 1.54) is 44.1 Å². The zero-order valence-corrected chi connectivity index (χ0v) is 30.3. The van der Waals surface area contributed by atoms with Gasteiger partial charge < -0.3 is 8.98 Å². The van der Waals surface area contributed by atoms with Gasteiger partial charge in [-0.25, -0.2) is 9.97 Å². The van der Waals surface area contributed by atoms with E-state index < -0.39 is 0 Å². The van der Waals surface area contributed by atoms with Gasteiger partial charge in [0.1, 0.15) is 23.1 Å². The van der Waals surface area contributed by atoms with E-state index in [0.29, 0.717) is 5.58 Å². The third-order valence-electron chi connectivity index (χ3n) is 10.9. The normalized spacial score (nSPS) is 11.6. The average Bonchev–Trinajstić information content (AvgIpc) is 3.83. The number of nitrogens with zero attached hydrogens (tertiary/aromatic N) is 3. The summed E-state index contributed by atoms with van der Waals surface area (Å²) in [4.78, 5) is 9.48. The molecular weight excluding hydrogens is 683 g/mol. The molecule has 56 heavy (non-hydrogen) atoms. The van der Waals surface area contributed by atoms with Crippen LogP contribution in [0.4, 0.5) is 0 Å². The number of rotatable bonds is 6. The molecule has 0 amide bonds. The van der Waals surface area contributed by atoms with Gasteiger partial charge in [0, 0.05) is 33.0 Å². The monoisotopic (exact) mass is 715 g/mol. The molecule has 0 unspecified atom stereocenters. The van der Waals surface area contributed by atoms with Crippen molar-refractivity contribution in [1.29, 1.82) is 0 Å². The van der Waals surface area contributed by atoms with Gasteiger partial charge in [0.05, 0.1) is 11.0 Å². The first-order chi connectivity index (χ1) is 27.8. The van der Waals surface area contributed by atoms with Crippen LogP contribution in [-0.2, 0) is 0 Å². The van der Waals surface area contributed by atoms with E-state index in [1.807, 2.05) is 18.2 Å². The van der Waals surface area contributed by atoms with Crippen LogP contribution < -0.4 is 0 Å². The highest BCUT2D eigenvalue weighted by Crippen LogP contribution is 2.40. The Morgan fingerprint density at radius 2 is 0.893 bits per heavy atom. The summed E-state index contributed by atoms with van der Waals surface area (Å²) in [5.74, 6) is 0. The van der Waals surface area contributed by atoms with E-state index >= 15 is 0 Å². The van der Waals surface area contributed by atoms with Crippen LogP contribution in [0.3, 0.4) is 0 Å². The van der Waals surface area contributed by atoms with Gasteiger partial charge in [-0.1, -0.05) is 146 Å². The summed E-state index contributed by atoms with van der Waals surface area (Å²) >= 11 is 0. The van der Waals surface area contributed by atoms with E-state index in [0.717, 1.165) is 55.7 Å². The summed E-state index contributed by atoms with van der Waals surface area (Å²) in [6, 6.07) is 68.9. The number of hydrogen-bond acceptors (Lipinski definition) is 3. The molecule has 0 spiro atoms. The molecule has 3 heterocycles. The maximum Gasteiger partial charge on any atom is 0.180 e. The van der Waals surface area contributed by atoms with E-state index in [2.05, 4.69) is 180 Å². The van der Waals surface area contributed by atoms with Crippen molar-refractivity contribution >= 4 is 43.9 Å². The molecule has 0 fully saturated rings. The minimum atomic E-state index is 0.687. The molecule has 0 N–H and O–H groups in total. The zero-order valence-electron chi connectivity index (χ0n) is 30.3. The first-order valence-electron chi connectivity index (χ1n) is 18.9. The predicted octanol–water partition coefficient (Wildman–Crippen LogP) is 13.8. The van der Waals surface area contributed by atoms with Gasteiger partial charge in [-0.15, -0.1) is 0 Å². The Morgan fingerprint density at radius 3 is 1.55 bits per heavy atom. The topological polar surface area (TPSA) is 43.9 Å². The first kappa shape index (κ1) is 31.9. The Kier molecular flexibility index (Phi) is 7.46. The Labute approximate surface area is 323 Å². The molecule has 4 heteroatoms. The molecule has 0 aliphatic heterocycles. The van der Waals surface area contributed by atoms with Gasteiger partial charge in [-0.05, 0) is 87.5 Å². The predicted molar refractivity (Wildman–Crippen MR) is 231 cm³/mol. The average molecular weight is 716 g/mol. The van der Waals surface area contributed by atoms with Crippen molar-refractivity contribution in [1.82, 2.24) is 14.5 Å². The van der Waals surface area contributed by atoms with Gasteiger partial charge in [-0.3, -0.25) is 0 Å². The van der Waals surface area contributed by atoms with Gasteiger partial charge >= 0.3 is 0 Å². The molecular formula is C52H33N3O. The number of benzene rings is 8. The highest BCUT2D eigenvalue weighted by molar-refractivity contribution is 6.12. The van der Waals surface area contributed by atoms with Crippen LogP contribution in [0, 0.1) is 0 Å². The Hall–Kier alpha value is -7.56. The molecule has 0 radical (unpaired) electrons. The Balaban J connectivity index is 1.04. The number of hydrogen-bond donors (Lipinski definition) is 0. The van der Waals surface area contributed by atoms with Crippen LogP contribution in [0.15, 0.2) is 205 Å². The summed E-state index contributed by atoms with van der Waals surface area (Å²) in [5, 5.41) is 3.42. The number of para-hydroxylation sites is 1. The lowest BCUT2D eigenvalue weighted by atomic mass is 10.0. The summed E-state index contributed by atoms with van der Waals surface area (Å²) in [5.41, 5.74) is 16.7. The molecule has 0 aliphatic carbocycles. The minimum absolute atomic E-state index is 0.687. The van der Waals surface area contributed by atoms with Crippen LogP contribution in [0.5, 0.6) is 0 Å². The molecule has 262 valence electrons. The third-order valence-corrected chi connectivity index (χ3v) is 10.9. The lowest BCUT2D eigenvalue weighted by molar-refractivity contribution is 0.668. The molecule has 4 nitrogen and oxygen atoms in total. The smallest absolute Gasteiger partial charge is 0.180 e. The highest BCUT2D eigenvalue weighted by Gasteiger charge is 2.19. The second kappa shape index (κ2) is 13.1. The Morgan fingerprint density at radius 1 is 0.357 bits per heavy atom. The second-order valence-corrected chi connectivity index (χ2v) is 14.2. The molecule has 11 rings (SSSR count). The lowest BCUT2D eigenvalue weighted by Gasteiger charge is -2.12. The van der Waals surface area contributed by atoms with Crippen LogP contribution in [0.2, 0.25) is 0 Å².